The van der Waals surface area contributed by atoms with Gasteiger partial charge < -0.3 is 10.2 Å². The molecule has 0 aromatic heterocycles. The van der Waals surface area contributed by atoms with Gasteiger partial charge in [0.25, 0.3) is 0 Å². The fourth-order valence-corrected chi connectivity index (χ4v) is 2.26. The van der Waals surface area contributed by atoms with Gasteiger partial charge in [0, 0.05) is 26.2 Å². The molecular weight excluding hydrogens is 182 g/mol. The summed E-state index contributed by atoms with van der Waals surface area (Å²) in [5, 5.41) is 3.35. The van der Waals surface area contributed by atoms with Gasteiger partial charge in [-0.05, 0) is 12.7 Å². The van der Waals surface area contributed by atoms with Crippen molar-refractivity contribution in [3.8, 4) is 0 Å². The third kappa shape index (κ3) is 1.94. The molecule has 4 heteroatoms. The first-order valence-electron chi connectivity index (χ1n) is 4.89. The van der Waals surface area contributed by atoms with Crippen LogP contribution >= 0.6 is 11.9 Å². The van der Waals surface area contributed by atoms with E-state index in [1.54, 1.807) is 0 Å². The second-order valence-corrected chi connectivity index (χ2v) is 4.29. The lowest BCUT2D eigenvalue weighted by Gasteiger charge is -2.32. The summed E-state index contributed by atoms with van der Waals surface area (Å²) in [7, 11) is 0. The van der Waals surface area contributed by atoms with Gasteiger partial charge in [-0.25, -0.2) is 4.31 Å². The van der Waals surface area contributed by atoms with Crippen LogP contribution in [0, 0.1) is 0 Å². The van der Waals surface area contributed by atoms with Crippen molar-refractivity contribution in [1.29, 1.82) is 0 Å². The van der Waals surface area contributed by atoms with Gasteiger partial charge in [-0.2, -0.15) is 0 Å². The lowest BCUT2D eigenvalue weighted by atomic mass is 10.3. The summed E-state index contributed by atoms with van der Waals surface area (Å²) in [6, 6.07) is 0. The largest absolute Gasteiger partial charge is 0.354 e. The maximum atomic E-state index is 3.35. The molecule has 2 heterocycles. The fraction of sp³-hybridized carbons (Fsp3) is 0.778. The van der Waals surface area contributed by atoms with Gasteiger partial charge in [0.15, 0.2) is 0 Å². The quantitative estimate of drug-likeness (QED) is 0.688. The van der Waals surface area contributed by atoms with Crippen molar-refractivity contribution in [2.24, 2.45) is 0 Å². The van der Waals surface area contributed by atoms with Gasteiger partial charge in [-0.1, -0.05) is 18.9 Å². The van der Waals surface area contributed by atoms with E-state index in [1.807, 2.05) is 11.9 Å². The molecule has 2 aliphatic heterocycles. The molecule has 0 bridgehead atoms. The maximum absolute atomic E-state index is 3.35. The summed E-state index contributed by atoms with van der Waals surface area (Å²) in [4.78, 5) is 2.46. The van der Waals surface area contributed by atoms with Crippen LogP contribution < -0.4 is 5.32 Å². The molecule has 0 spiro atoms. The zero-order valence-electron chi connectivity index (χ0n) is 8.34. The zero-order chi connectivity index (χ0) is 9.26. The third-order valence-corrected chi connectivity index (χ3v) is 3.54. The molecule has 2 aliphatic rings. The molecule has 1 fully saturated rings. The summed E-state index contributed by atoms with van der Waals surface area (Å²) in [6.07, 6.45) is 3.31. The minimum absolute atomic E-state index is 1.15. The Kier molecular flexibility index (Phi) is 2.69. The number of piperazine rings is 1. The normalized spacial score (nSPS) is 23.4. The van der Waals surface area contributed by atoms with Crippen LogP contribution in [0.4, 0.5) is 0 Å². The summed E-state index contributed by atoms with van der Waals surface area (Å²) < 4.78 is 2.42. The Morgan fingerprint density at radius 3 is 2.46 bits per heavy atom. The van der Waals surface area contributed by atoms with Crippen LogP contribution in [0.2, 0.25) is 0 Å². The topological polar surface area (TPSA) is 28.4 Å². The van der Waals surface area contributed by atoms with Crippen LogP contribution in [0.5, 0.6) is 0 Å². The van der Waals surface area contributed by atoms with Crippen molar-refractivity contribution in [2.75, 3.05) is 32.4 Å². The first kappa shape index (κ1) is 9.21. The highest BCUT2D eigenvalue weighted by Crippen LogP contribution is 2.24. The number of rotatable bonds is 3. The standard InChI is InChI=1S/C9H17N3S/c1-3-8-9(10-8)11-4-6-12(13-2)7-5-11/h10H,3-7H2,1-2H3. The van der Waals surface area contributed by atoms with E-state index in [4.69, 9.17) is 0 Å². The molecule has 0 amide bonds. The smallest absolute Gasteiger partial charge is 0.126 e. The van der Waals surface area contributed by atoms with E-state index in [0.717, 1.165) is 6.42 Å². The summed E-state index contributed by atoms with van der Waals surface area (Å²) in [5.74, 6) is 1.41. The molecule has 0 radical (unpaired) electrons. The molecule has 0 aromatic carbocycles. The van der Waals surface area contributed by atoms with Gasteiger partial charge in [-0.3, -0.25) is 0 Å². The first-order chi connectivity index (χ1) is 6.35. The molecule has 13 heavy (non-hydrogen) atoms. The fourth-order valence-electron chi connectivity index (χ4n) is 1.73. The van der Waals surface area contributed by atoms with Crippen LogP contribution in [0.1, 0.15) is 13.3 Å². The van der Waals surface area contributed by atoms with Gasteiger partial charge in [0.2, 0.25) is 0 Å². The highest BCUT2D eigenvalue weighted by atomic mass is 32.2. The number of hydrogen-bond donors (Lipinski definition) is 1. The van der Waals surface area contributed by atoms with Gasteiger partial charge in [-0.15, -0.1) is 0 Å². The van der Waals surface area contributed by atoms with Crippen molar-refractivity contribution in [3.63, 3.8) is 0 Å². The zero-order valence-corrected chi connectivity index (χ0v) is 9.15. The Morgan fingerprint density at radius 1 is 1.31 bits per heavy atom. The van der Waals surface area contributed by atoms with Crippen molar-refractivity contribution >= 4 is 11.9 Å². The molecule has 0 atom stereocenters. The minimum atomic E-state index is 1.15. The van der Waals surface area contributed by atoms with Crippen LogP contribution in [-0.2, 0) is 0 Å². The maximum Gasteiger partial charge on any atom is 0.126 e. The minimum Gasteiger partial charge on any atom is -0.354 e. The monoisotopic (exact) mass is 199 g/mol. The number of allylic oxidation sites excluding steroid dienone is 1. The molecule has 74 valence electrons. The second-order valence-electron chi connectivity index (χ2n) is 3.40. The molecular formula is C9H17N3S. The van der Waals surface area contributed by atoms with Gasteiger partial charge in [0.05, 0.1) is 5.70 Å². The molecule has 1 saturated heterocycles. The van der Waals surface area contributed by atoms with Crippen molar-refractivity contribution in [2.45, 2.75) is 13.3 Å². The average molecular weight is 199 g/mol. The Balaban J connectivity index is 1.82. The Morgan fingerprint density at radius 2 is 2.00 bits per heavy atom. The predicted octanol–water partition coefficient (Wildman–Crippen LogP) is 1.06. The first-order valence-corrected chi connectivity index (χ1v) is 6.07. The SMILES string of the molecule is CCC1=C(N2CCN(SC)CC2)N1. The van der Waals surface area contributed by atoms with E-state index >= 15 is 0 Å². The summed E-state index contributed by atoms with van der Waals surface area (Å²) >= 11 is 1.86. The molecule has 0 aliphatic carbocycles. The van der Waals surface area contributed by atoms with E-state index in [9.17, 15) is 0 Å². The van der Waals surface area contributed by atoms with E-state index < -0.39 is 0 Å². The Labute approximate surface area is 84.3 Å². The highest BCUT2D eigenvalue weighted by molar-refractivity contribution is 7.96. The summed E-state index contributed by atoms with van der Waals surface area (Å²) in [5.41, 5.74) is 1.44. The lowest BCUT2D eigenvalue weighted by Crippen LogP contribution is -2.41. The molecule has 0 aromatic rings. The molecule has 2 rings (SSSR count). The second kappa shape index (κ2) is 3.80. The third-order valence-electron chi connectivity index (χ3n) is 2.66. The van der Waals surface area contributed by atoms with Crippen LogP contribution in [-0.4, -0.2) is 41.6 Å². The van der Waals surface area contributed by atoms with E-state index in [2.05, 4.69) is 27.7 Å². The van der Waals surface area contributed by atoms with Crippen molar-refractivity contribution < 1.29 is 0 Å². The van der Waals surface area contributed by atoms with E-state index in [1.165, 1.54) is 37.7 Å². The van der Waals surface area contributed by atoms with Gasteiger partial charge in [0.1, 0.15) is 5.82 Å². The van der Waals surface area contributed by atoms with E-state index in [0.29, 0.717) is 0 Å². The van der Waals surface area contributed by atoms with E-state index in [-0.39, 0.29) is 0 Å². The molecule has 0 unspecified atom stereocenters. The van der Waals surface area contributed by atoms with Crippen molar-refractivity contribution in [1.82, 2.24) is 14.5 Å². The Bertz CT molecular complexity index is 219. The molecule has 3 nitrogen and oxygen atoms in total. The number of hydrogen-bond acceptors (Lipinski definition) is 4. The average Bonchev–Trinajstić information content (AvgIpc) is 2.97. The number of nitrogens with one attached hydrogen (secondary N) is 1. The molecule has 0 saturated carbocycles. The molecule has 1 N–H and O–H groups in total. The number of nitrogens with zero attached hydrogens (tertiary/aromatic N) is 2. The predicted molar refractivity (Wildman–Crippen MR) is 57.1 cm³/mol. The summed E-state index contributed by atoms with van der Waals surface area (Å²) in [6.45, 7) is 6.92. The van der Waals surface area contributed by atoms with Gasteiger partial charge >= 0.3 is 0 Å². The van der Waals surface area contributed by atoms with Crippen LogP contribution in [0.3, 0.4) is 0 Å². The van der Waals surface area contributed by atoms with Crippen LogP contribution in [0.25, 0.3) is 0 Å². The van der Waals surface area contributed by atoms with Crippen LogP contribution in [0.15, 0.2) is 11.5 Å². The Hall–Kier alpha value is -0.350. The van der Waals surface area contributed by atoms with Crippen molar-refractivity contribution in [3.05, 3.63) is 11.5 Å². The highest BCUT2D eigenvalue weighted by Gasteiger charge is 2.27. The lowest BCUT2D eigenvalue weighted by molar-refractivity contribution is 0.245.